The lowest BCUT2D eigenvalue weighted by atomic mass is 9.75. The van der Waals surface area contributed by atoms with E-state index in [4.69, 9.17) is 0 Å². The van der Waals surface area contributed by atoms with Gasteiger partial charge in [0.2, 0.25) is 0 Å². The smallest absolute Gasteiger partial charge is 0.0462 e. The van der Waals surface area contributed by atoms with Gasteiger partial charge in [-0.25, -0.2) is 0 Å². The summed E-state index contributed by atoms with van der Waals surface area (Å²) in [6, 6.07) is 25.0. The summed E-state index contributed by atoms with van der Waals surface area (Å²) < 4.78 is 2.10. The summed E-state index contributed by atoms with van der Waals surface area (Å²) in [5.74, 6) is 7.02. The van der Waals surface area contributed by atoms with Crippen LogP contribution in [0.25, 0.3) is 0 Å². The van der Waals surface area contributed by atoms with E-state index in [0.29, 0.717) is 0 Å². The van der Waals surface area contributed by atoms with Crippen LogP contribution in [0.3, 0.4) is 0 Å². The lowest BCUT2D eigenvalue weighted by molar-refractivity contribution is -0.291. The minimum absolute atomic E-state index is 0.205. The highest BCUT2D eigenvalue weighted by Crippen LogP contribution is 2.40. The molecule has 1 heterocycles. The fourth-order valence-corrected chi connectivity index (χ4v) is 5.40. The quantitative estimate of drug-likeness (QED) is 0.290. The molecule has 0 N–H and O–H groups in total. The summed E-state index contributed by atoms with van der Waals surface area (Å²) in [5, 5.41) is 13.9. The van der Waals surface area contributed by atoms with Crippen LogP contribution in [0.1, 0.15) is 46.1 Å². The summed E-state index contributed by atoms with van der Waals surface area (Å²) in [4.78, 5) is 2.23. The fraction of sp³-hybridized carbons (Fsp3) is 0.310. The van der Waals surface area contributed by atoms with E-state index in [2.05, 4.69) is 121 Å². The molecule has 175 valence electrons. The van der Waals surface area contributed by atoms with Crippen molar-refractivity contribution >= 4 is 48.9 Å². The Kier molecular flexibility index (Phi) is 7.26. The summed E-state index contributed by atoms with van der Waals surface area (Å²) in [5.41, 5.74) is 3.41. The molecule has 0 bridgehead atoms. The second kappa shape index (κ2) is 9.87. The van der Waals surface area contributed by atoms with E-state index < -0.39 is 11.1 Å². The van der Waals surface area contributed by atoms with Crippen molar-refractivity contribution in [1.29, 1.82) is 0 Å². The van der Waals surface area contributed by atoms with Crippen LogP contribution in [0.5, 0.6) is 0 Å². The van der Waals surface area contributed by atoms with E-state index in [1.54, 1.807) is 0 Å². The zero-order valence-electron chi connectivity index (χ0n) is 20.0. The van der Waals surface area contributed by atoms with Gasteiger partial charge >= 0.3 is 0 Å². The molecule has 5 heteroatoms. The van der Waals surface area contributed by atoms with Crippen molar-refractivity contribution in [3.8, 4) is 11.8 Å². The number of nitrogens with zero attached hydrogens (tertiary/aromatic N) is 2. The molecular formula is C29H29Br2N2O. The second-order valence-electron chi connectivity index (χ2n) is 10.1. The van der Waals surface area contributed by atoms with Crippen LogP contribution in [-0.2, 0) is 5.21 Å². The van der Waals surface area contributed by atoms with Gasteiger partial charge in [0.1, 0.15) is 0 Å². The number of hydrogen-bond donors (Lipinski definition) is 0. The third kappa shape index (κ3) is 5.58. The van der Waals surface area contributed by atoms with E-state index in [-0.39, 0.29) is 5.92 Å². The topological polar surface area (TPSA) is 26.4 Å². The standard InChI is InChI=1S/C29H29Br2N2O/c1-28(2)19-22(20-29(3,4)33(28)34)6-5-21-7-13-25(14-8-21)32(26-15-9-23(30)10-16-26)27-17-11-24(31)12-18-27/h7-18,22H,19-20H2,1-4H3. The third-order valence-corrected chi connectivity index (χ3v) is 7.36. The molecule has 0 saturated carbocycles. The van der Waals surface area contributed by atoms with Gasteiger partial charge in [0, 0.05) is 48.6 Å². The Balaban J connectivity index is 1.60. The van der Waals surface area contributed by atoms with Gasteiger partial charge < -0.3 is 4.90 Å². The van der Waals surface area contributed by atoms with Crippen LogP contribution >= 0.6 is 31.9 Å². The van der Waals surface area contributed by atoms with Gasteiger partial charge in [0.25, 0.3) is 0 Å². The molecule has 3 aromatic rings. The van der Waals surface area contributed by atoms with Crippen LogP contribution in [0.15, 0.2) is 81.7 Å². The molecule has 1 saturated heterocycles. The predicted molar refractivity (Wildman–Crippen MR) is 147 cm³/mol. The second-order valence-corrected chi connectivity index (χ2v) is 12.0. The molecule has 1 radical (unpaired) electrons. The number of hydroxylamine groups is 2. The molecule has 0 amide bonds. The molecule has 1 aliphatic heterocycles. The molecular weight excluding hydrogens is 552 g/mol. The lowest BCUT2D eigenvalue weighted by Crippen LogP contribution is -2.58. The van der Waals surface area contributed by atoms with Crippen molar-refractivity contribution in [2.24, 2.45) is 5.92 Å². The first-order chi connectivity index (χ1) is 16.0. The van der Waals surface area contributed by atoms with Crippen LogP contribution in [0.2, 0.25) is 0 Å². The highest BCUT2D eigenvalue weighted by molar-refractivity contribution is 9.10. The summed E-state index contributed by atoms with van der Waals surface area (Å²) in [6.45, 7) is 8.07. The maximum Gasteiger partial charge on any atom is 0.0462 e. The molecule has 0 unspecified atom stereocenters. The SMILES string of the molecule is CC1(C)CC(C#Cc2ccc(N(c3ccc(Br)cc3)c3ccc(Br)cc3)cc2)CC(C)(C)N1[O]. The Labute approximate surface area is 220 Å². The zero-order chi connectivity index (χ0) is 24.5. The molecule has 0 spiro atoms. The maximum atomic E-state index is 12.6. The molecule has 34 heavy (non-hydrogen) atoms. The number of rotatable bonds is 3. The fourth-order valence-electron chi connectivity index (χ4n) is 4.87. The molecule has 0 aromatic heterocycles. The summed E-state index contributed by atoms with van der Waals surface area (Å²) >= 11 is 7.07. The van der Waals surface area contributed by atoms with Gasteiger partial charge in [-0.1, -0.05) is 43.7 Å². The van der Waals surface area contributed by atoms with Gasteiger partial charge in [0.05, 0.1) is 0 Å². The number of benzene rings is 3. The van der Waals surface area contributed by atoms with Crippen LogP contribution in [0.4, 0.5) is 17.1 Å². The van der Waals surface area contributed by atoms with Crippen molar-refractivity contribution in [3.63, 3.8) is 0 Å². The van der Waals surface area contributed by atoms with Crippen molar-refractivity contribution in [3.05, 3.63) is 87.3 Å². The Morgan fingerprint density at radius 2 is 1.12 bits per heavy atom. The molecule has 1 fully saturated rings. The molecule has 0 atom stereocenters. The number of hydrogen-bond acceptors (Lipinski definition) is 2. The highest BCUT2D eigenvalue weighted by Gasteiger charge is 2.45. The largest absolute Gasteiger partial charge is 0.311 e. The lowest BCUT2D eigenvalue weighted by Gasteiger charge is -2.48. The van der Waals surface area contributed by atoms with Crippen molar-refractivity contribution in [2.45, 2.75) is 51.6 Å². The maximum absolute atomic E-state index is 12.6. The Hall–Kier alpha value is -2.10. The van der Waals surface area contributed by atoms with Crippen LogP contribution < -0.4 is 4.90 Å². The summed E-state index contributed by atoms with van der Waals surface area (Å²) in [7, 11) is 0. The Morgan fingerprint density at radius 1 is 0.735 bits per heavy atom. The normalized spacial score (nSPS) is 17.6. The average Bonchev–Trinajstić information content (AvgIpc) is 2.79. The van der Waals surface area contributed by atoms with Gasteiger partial charge in [-0.2, -0.15) is 0 Å². The number of piperidine rings is 1. The van der Waals surface area contributed by atoms with E-state index in [1.807, 2.05) is 27.7 Å². The average molecular weight is 581 g/mol. The van der Waals surface area contributed by atoms with Gasteiger partial charge in [-0.05, 0) is 113 Å². The van der Waals surface area contributed by atoms with Gasteiger partial charge in [-0.3, -0.25) is 0 Å². The molecule has 3 aromatic carbocycles. The molecule has 3 nitrogen and oxygen atoms in total. The van der Waals surface area contributed by atoms with Gasteiger partial charge in [0.15, 0.2) is 0 Å². The molecule has 4 rings (SSSR count). The van der Waals surface area contributed by atoms with Crippen molar-refractivity contribution in [2.75, 3.05) is 4.90 Å². The van der Waals surface area contributed by atoms with Crippen LogP contribution in [-0.4, -0.2) is 16.1 Å². The minimum atomic E-state index is -0.402. The first-order valence-electron chi connectivity index (χ1n) is 11.5. The van der Waals surface area contributed by atoms with Crippen LogP contribution in [0, 0.1) is 17.8 Å². The third-order valence-electron chi connectivity index (χ3n) is 6.31. The monoisotopic (exact) mass is 579 g/mol. The van der Waals surface area contributed by atoms with E-state index in [0.717, 1.165) is 44.4 Å². The summed E-state index contributed by atoms with van der Waals surface area (Å²) in [6.07, 6.45) is 1.57. The van der Waals surface area contributed by atoms with E-state index >= 15 is 0 Å². The van der Waals surface area contributed by atoms with E-state index in [1.165, 1.54) is 5.06 Å². The Morgan fingerprint density at radius 3 is 1.53 bits per heavy atom. The minimum Gasteiger partial charge on any atom is -0.311 e. The number of halogens is 2. The molecule has 0 aliphatic carbocycles. The van der Waals surface area contributed by atoms with E-state index in [9.17, 15) is 5.21 Å². The first-order valence-corrected chi connectivity index (χ1v) is 13.0. The predicted octanol–water partition coefficient (Wildman–Crippen LogP) is 8.65. The zero-order valence-corrected chi connectivity index (χ0v) is 23.2. The highest BCUT2D eigenvalue weighted by atomic mass is 79.9. The molecule has 1 aliphatic rings. The van der Waals surface area contributed by atoms with Crippen molar-refractivity contribution in [1.82, 2.24) is 5.06 Å². The Bertz CT molecular complexity index is 1130. The first kappa shape index (κ1) is 25.0. The van der Waals surface area contributed by atoms with Crippen molar-refractivity contribution < 1.29 is 5.21 Å². The van der Waals surface area contributed by atoms with Gasteiger partial charge in [-0.15, -0.1) is 10.3 Å². The number of anilines is 3.